The van der Waals surface area contributed by atoms with Gasteiger partial charge in [0.25, 0.3) is 5.91 Å². The van der Waals surface area contributed by atoms with Gasteiger partial charge in [0.1, 0.15) is 0 Å². The number of rotatable bonds is 3. The number of nitrogens with one attached hydrogen (secondary N) is 2. The number of thiophene rings is 1. The molecule has 2 aromatic heterocycles. The summed E-state index contributed by atoms with van der Waals surface area (Å²) < 4.78 is 1.19. The monoisotopic (exact) mass is 284 g/mol. The van der Waals surface area contributed by atoms with E-state index in [1.807, 2.05) is 29.6 Å². The zero-order valence-electron chi connectivity index (χ0n) is 10.5. The molecule has 0 saturated heterocycles. The Labute approximate surface area is 119 Å². The zero-order chi connectivity index (χ0) is 13.9. The molecule has 100 valence electrons. The average Bonchev–Trinajstić information content (AvgIpc) is 2.94. The normalized spacial score (nSPS) is 10.4. The van der Waals surface area contributed by atoms with Gasteiger partial charge in [-0.2, -0.15) is 0 Å². The fourth-order valence-corrected chi connectivity index (χ4v) is 2.72. The van der Waals surface area contributed by atoms with E-state index in [0.29, 0.717) is 11.3 Å². The lowest BCUT2D eigenvalue weighted by Gasteiger charge is -2.09. The first-order chi connectivity index (χ1) is 9.78. The van der Waals surface area contributed by atoms with Crippen LogP contribution in [0.5, 0.6) is 0 Å². The van der Waals surface area contributed by atoms with Crippen molar-refractivity contribution in [1.82, 2.24) is 4.98 Å². The number of anilines is 2. The topological polar surface area (TPSA) is 80.0 Å². The van der Waals surface area contributed by atoms with Crippen LogP contribution in [0, 0.1) is 0 Å². The maximum absolute atomic E-state index is 12.2. The molecule has 4 N–H and O–H groups in total. The predicted molar refractivity (Wildman–Crippen MR) is 81.8 cm³/mol. The van der Waals surface area contributed by atoms with E-state index in [1.54, 1.807) is 23.6 Å². The minimum absolute atomic E-state index is 0.227. The van der Waals surface area contributed by atoms with E-state index in [1.165, 1.54) is 10.9 Å². The molecule has 6 heteroatoms. The van der Waals surface area contributed by atoms with Gasteiger partial charge in [-0.05, 0) is 41.1 Å². The summed E-state index contributed by atoms with van der Waals surface area (Å²) in [6.07, 6.45) is 3.06. The van der Waals surface area contributed by atoms with Crippen LogP contribution >= 0.6 is 11.3 Å². The molecule has 0 aliphatic heterocycles. The highest BCUT2D eigenvalue weighted by Gasteiger charge is 2.11. The number of carbonyl (C=O) groups is 1. The van der Waals surface area contributed by atoms with Crippen LogP contribution in [0.3, 0.4) is 0 Å². The summed E-state index contributed by atoms with van der Waals surface area (Å²) in [6, 6.07) is 9.46. The standard InChI is InChI=1S/C14H12N4OS/c15-18-12-8-16-5-3-11(12)14(19)17-10-1-2-13-9(7-10)4-6-20-13/h1-8,18H,15H2,(H,17,19). The number of nitrogens with two attached hydrogens (primary N) is 1. The predicted octanol–water partition coefficient (Wildman–Crippen LogP) is 2.83. The molecular weight excluding hydrogens is 272 g/mol. The van der Waals surface area contributed by atoms with Crippen LogP contribution in [0.4, 0.5) is 11.4 Å². The lowest BCUT2D eigenvalue weighted by Crippen LogP contribution is -2.17. The molecule has 0 aliphatic rings. The van der Waals surface area contributed by atoms with Crippen LogP contribution in [-0.2, 0) is 0 Å². The summed E-state index contributed by atoms with van der Waals surface area (Å²) in [4.78, 5) is 16.2. The van der Waals surface area contributed by atoms with E-state index in [0.717, 1.165) is 11.1 Å². The van der Waals surface area contributed by atoms with Crippen molar-refractivity contribution in [3.8, 4) is 0 Å². The van der Waals surface area contributed by atoms with E-state index in [9.17, 15) is 4.79 Å². The van der Waals surface area contributed by atoms with Crippen LogP contribution in [-0.4, -0.2) is 10.9 Å². The van der Waals surface area contributed by atoms with E-state index < -0.39 is 0 Å². The van der Waals surface area contributed by atoms with Gasteiger partial charge < -0.3 is 10.7 Å². The van der Waals surface area contributed by atoms with E-state index in [-0.39, 0.29) is 5.91 Å². The van der Waals surface area contributed by atoms with Crippen molar-refractivity contribution in [3.63, 3.8) is 0 Å². The average molecular weight is 284 g/mol. The van der Waals surface area contributed by atoms with Crippen molar-refractivity contribution in [1.29, 1.82) is 0 Å². The second-order valence-electron chi connectivity index (χ2n) is 4.19. The molecule has 0 spiro atoms. The first-order valence-electron chi connectivity index (χ1n) is 5.97. The molecule has 5 nitrogen and oxygen atoms in total. The first kappa shape index (κ1) is 12.6. The van der Waals surface area contributed by atoms with Crippen molar-refractivity contribution in [3.05, 3.63) is 53.7 Å². The highest BCUT2D eigenvalue weighted by Crippen LogP contribution is 2.24. The third-order valence-electron chi connectivity index (χ3n) is 2.93. The lowest BCUT2D eigenvalue weighted by molar-refractivity contribution is 0.102. The Kier molecular flexibility index (Phi) is 3.32. The SMILES string of the molecule is NNc1cnccc1C(=O)Nc1ccc2sccc2c1. The second-order valence-corrected chi connectivity index (χ2v) is 5.14. The Morgan fingerprint density at radius 2 is 2.15 bits per heavy atom. The highest BCUT2D eigenvalue weighted by molar-refractivity contribution is 7.17. The Bertz CT molecular complexity index is 768. The van der Waals surface area contributed by atoms with Gasteiger partial charge >= 0.3 is 0 Å². The Balaban J connectivity index is 1.88. The van der Waals surface area contributed by atoms with Gasteiger partial charge in [-0.25, -0.2) is 0 Å². The summed E-state index contributed by atoms with van der Waals surface area (Å²) in [6.45, 7) is 0. The number of carbonyl (C=O) groups excluding carboxylic acids is 1. The summed E-state index contributed by atoms with van der Waals surface area (Å²) in [7, 11) is 0. The maximum Gasteiger partial charge on any atom is 0.257 e. The molecule has 0 saturated carbocycles. The smallest absolute Gasteiger partial charge is 0.257 e. The maximum atomic E-state index is 12.2. The van der Waals surface area contributed by atoms with Crippen LogP contribution < -0.4 is 16.6 Å². The molecule has 20 heavy (non-hydrogen) atoms. The molecule has 3 rings (SSSR count). The van der Waals surface area contributed by atoms with Gasteiger partial charge in [0.15, 0.2) is 0 Å². The molecule has 0 aliphatic carbocycles. The number of amides is 1. The van der Waals surface area contributed by atoms with Gasteiger partial charge in [0.05, 0.1) is 17.4 Å². The number of pyridine rings is 1. The Morgan fingerprint density at radius 1 is 1.25 bits per heavy atom. The largest absolute Gasteiger partial charge is 0.322 e. The van der Waals surface area contributed by atoms with Crippen molar-refractivity contribution < 1.29 is 4.79 Å². The number of benzene rings is 1. The minimum Gasteiger partial charge on any atom is -0.322 e. The third-order valence-corrected chi connectivity index (χ3v) is 3.83. The van der Waals surface area contributed by atoms with Crippen LogP contribution in [0.2, 0.25) is 0 Å². The fraction of sp³-hybridized carbons (Fsp3) is 0. The lowest BCUT2D eigenvalue weighted by atomic mass is 10.2. The first-order valence-corrected chi connectivity index (χ1v) is 6.85. The summed E-state index contributed by atoms with van der Waals surface area (Å²) >= 11 is 1.67. The molecule has 1 amide bonds. The second kappa shape index (κ2) is 5.28. The summed E-state index contributed by atoms with van der Waals surface area (Å²) in [5.74, 6) is 5.15. The molecule has 0 atom stereocenters. The zero-order valence-corrected chi connectivity index (χ0v) is 11.3. The third kappa shape index (κ3) is 2.34. The van der Waals surface area contributed by atoms with Crippen LogP contribution in [0.15, 0.2) is 48.1 Å². The molecule has 2 heterocycles. The number of hydrogen-bond donors (Lipinski definition) is 3. The van der Waals surface area contributed by atoms with E-state index in [2.05, 4.69) is 15.7 Å². The number of fused-ring (bicyclic) bond motifs is 1. The number of nitrogens with zero attached hydrogens (tertiary/aromatic N) is 1. The van der Waals surface area contributed by atoms with Crippen molar-refractivity contribution in [2.45, 2.75) is 0 Å². The van der Waals surface area contributed by atoms with E-state index >= 15 is 0 Å². The van der Waals surface area contributed by atoms with Crippen molar-refractivity contribution in [2.24, 2.45) is 5.84 Å². The summed E-state index contributed by atoms with van der Waals surface area (Å²) in [5.41, 5.74) is 4.16. The van der Waals surface area contributed by atoms with Crippen molar-refractivity contribution in [2.75, 3.05) is 10.7 Å². The van der Waals surface area contributed by atoms with E-state index in [4.69, 9.17) is 5.84 Å². The minimum atomic E-state index is -0.227. The molecule has 0 fully saturated rings. The molecule has 0 radical (unpaired) electrons. The number of hydrogen-bond acceptors (Lipinski definition) is 5. The van der Waals surface area contributed by atoms with Crippen molar-refractivity contribution >= 4 is 38.7 Å². The molecule has 0 unspecified atom stereocenters. The van der Waals surface area contributed by atoms with Crippen LogP contribution in [0.25, 0.3) is 10.1 Å². The van der Waals surface area contributed by atoms with Gasteiger partial charge in [-0.1, -0.05) is 0 Å². The summed E-state index contributed by atoms with van der Waals surface area (Å²) in [5, 5.41) is 5.99. The Hall–Kier alpha value is -2.44. The molecule has 3 aromatic rings. The quantitative estimate of drug-likeness (QED) is 0.510. The fourth-order valence-electron chi connectivity index (χ4n) is 1.95. The number of aromatic nitrogens is 1. The number of nitrogen functional groups attached to an aromatic ring is 1. The number of hydrazine groups is 1. The van der Waals surface area contributed by atoms with Gasteiger partial charge in [0, 0.05) is 16.6 Å². The van der Waals surface area contributed by atoms with Gasteiger partial charge in [0.2, 0.25) is 0 Å². The molecule has 1 aromatic carbocycles. The highest BCUT2D eigenvalue weighted by atomic mass is 32.1. The molecular formula is C14H12N4OS. The van der Waals surface area contributed by atoms with Gasteiger partial charge in [-0.3, -0.25) is 15.6 Å². The van der Waals surface area contributed by atoms with Crippen LogP contribution in [0.1, 0.15) is 10.4 Å². The van der Waals surface area contributed by atoms with Gasteiger partial charge in [-0.15, -0.1) is 11.3 Å². The molecule has 0 bridgehead atoms. The Morgan fingerprint density at radius 3 is 3.00 bits per heavy atom.